The second kappa shape index (κ2) is 5.14. The molecule has 1 aromatic heterocycles. The number of H-pyrrole nitrogens is 1. The second-order valence-electron chi connectivity index (χ2n) is 3.70. The maximum atomic E-state index is 11.8. The molecule has 0 aliphatic rings. The summed E-state index contributed by atoms with van der Waals surface area (Å²) >= 11 is 3.47. The average Bonchev–Trinajstić information content (AvgIpc) is 2.82. The molecule has 17 heavy (non-hydrogen) atoms. The van der Waals surface area contributed by atoms with Gasteiger partial charge in [-0.25, -0.2) is 0 Å². The first-order chi connectivity index (χ1) is 8.18. The summed E-state index contributed by atoms with van der Waals surface area (Å²) in [5, 5.41) is 9.27. The Morgan fingerprint density at radius 2 is 2.24 bits per heavy atom. The monoisotopic (exact) mass is 293 g/mol. The van der Waals surface area contributed by atoms with Crippen LogP contribution in [0.2, 0.25) is 0 Å². The van der Waals surface area contributed by atoms with Crippen LogP contribution >= 0.6 is 15.9 Å². The van der Waals surface area contributed by atoms with Crippen molar-refractivity contribution in [1.82, 2.24) is 15.5 Å². The van der Waals surface area contributed by atoms with Crippen molar-refractivity contribution in [2.24, 2.45) is 0 Å². The lowest BCUT2D eigenvalue weighted by Crippen LogP contribution is -2.26. The number of aromatic nitrogens is 2. The molecule has 1 unspecified atom stereocenters. The molecule has 88 valence electrons. The molecule has 2 N–H and O–H groups in total. The zero-order chi connectivity index (χ0) is 12.3. The molecule has 5 heteroatoms. The van der Waals surface area contributed by atoms with Crippen LogP contribution in [-0.4, -0.2) is 16.1 Å². The summed E-state index contributed by atoms with van der Waals surface area (Å²) in [4.78, 5) is 11.8. The molecule has 0 spiro atoms. The van der Waals surface area contributed by atoms with Crippen molar-refractivity contribution >= 4 is 21.8 Å². The summed E-state index contributed by atoms with van der Waals surface area (Å²) in [5.74, 6) is -0.137. The van der Waals surface area contributed by atoms with Crippen LogP contribution in [0, 0.1) is 0 Å². The van der Waals surface area contributed by atoms with Gasteiger partial charge in [-0.1, -0.05) is 34.1 Å². The van der Waals surface area contributed by atoms with E-state index in [2.05, 4.69) is 31.4 Å². The average molecular weight is 294 g/mol. The number of carbonyl (C=O) groups excluding carboxylic acids is 1. The van der Waals surface area contributed by atoms with Gasteiger partial charge in [0.15, 0.2) is 0 Å². The van der Waals surface area contributed by atoms with Crippen molar-refractivity contribution < 1.29 is 4.79 Å². The Labute approximate surface area is 108 Å². The maximum Gasteiger partial charge on any atom is 0.254 e. The Morgan fingerprint density at radius 3 is 2.88 bits per heavy atom. The molecule has 0 radical (unpaired) electrons. The van der Waals surface area contributed by atoms with E-state index < -0.39 is 0 Å². The quantitative estimate of drug-likeness (QED) is 0.914. The Hall–Kier alpha value is -1.62. The van der Waals surface area contributed by atoms with Gasteiger partial charge in [-0.15, -0.1) is 0 Å². The molecule has 2 aromatic rings. The highest BCUT2D eigenvalue weighted by molar-refractivity contribution is 9.10. The molecular weight excluding hydrogens is 282 g/mol. The van der Waals surface area contributed by atoms with Gasteiger partial charge >= 0.3 is 0 Å². The highest BCUT2D eigenvalue weighted by Gasteiger charge is 2.13. The van der Waals surface area contributed by atoms with Gasteiger partial charge in [0, 0.05) is 10.7 Å². The van der Waals surface area contributed by atoms with Crippen LogP contribution in [0.25, 0.3) is 0 Å². The SMILES string of the molecule is CC(NC(=O)c1cn[nH]c1)c1ccccc1Br. The van der Waals surface area contributed by atoms with Gasteiger partial charge in [-0.05, 0) is 18.6 Å². The fourth-order valence-electron chi connectivity index (χ4n) is 1.56. The third kappa shape index (κ3) is 2.74. The number of hydrogen-bond donors (Lipinski definition) is 2. The first kappa shape index (κ1) is 11.9. The summed E-state index contributed by atoms with van der Waals surface area (Å²) in [5.41, 5.74) is 1.58. The number of rotatable bonds is 3. The lowest BCUT2D eigenvalue weighted by Gasteiger charge is -2.15. The predicted molar refractivity (Wildman–Crippen MR) is 68.6 cm³/mol. The number of halogens is 1. The van der Waals surface area contributed by atoms with Crippen molar-refractivity contribution in [3.63, 3.8) is 0 Å². The van der Waals surface area contributed by atoms with Gasteiger partial charge in [0.1, 0.15) is 0 Å². The van der Waals surface area contributed by atoms with Gasteiger partial charge in [0.25, 0.3) is 5.91 Å². The van der Waals surface area contributed by atoms with E-state index in [0.717, 1.165) is 10.0 Å². The lowest BCUT2D eigenvalue weighted by molar-refractivity contribution is 0.0940. The maximum absolute atomic E-state index is 11.8. The van der Waals surface area contributed by atoms with Crippen molar-refractivity contribution in [2.45, 2.75) is 13.0 Å². The zero-order valence-electron chi connectivity index (χ0n) is 9.27. The van der Waals surface area contributed by atoms with E-state index >= 15 is 0 Å². The smallest absolute Gasteiger partial charge is 0.254 e. The Morgan fingerprint density at radius 1 is 1.47 bits per heavy atom. The van der Waals surface area contributed by atoms with E-state index in [1.54, 1.807) is 6.20 Å². The van der Waals surface area contributed by atoms with Crippen LogP contribution in [0.1, 0.15) is 28.9 Å². The molecule has 1 amide bonds. The number of nitrogens with one attached hydrogen (secondary N) is 2. The van der Waals surface area contributed by atoms with Crippen molar-refractivity contribution in [2.75, 3.05) is 0 Å². The number of carbonyl (C=O) groups is 1. The third-order valence-electron chi connectivity index (χ3n) is 2.48. The zero-order valence-corrected chi connectivity index (χ0v) is 10.9. The van der Waals surface area contributed by atoms with Crippen LogP contribution < -0.4 is 5.32 Å². The predicted octanol–water partition coefficient (Wildman–Crippen LogP) is 2.66. The van der Waals surface area contributed by atoms with Gasteiger partial charge in [-0.2, -0.15) is 5.10 Å². The number of hydrogen-bond acceptors (Lipinski definition) is 2. The second-order valence-corrected chi connectivity index (χ2v) is 4.56. The molecule has 1 aromatic carbocycles. The fraction of sp³-hybridized carbons (Fsp3) is 0.167. The van der Waals surface area contributed by atoms with Crippen molar-refractivity contribution in [1.29, 1.82) is 0 Å². The van der Waals surface area contributed by atoms with E-state index in [0.29, 0.717) is 5.56 Å². The highest BCUT2D eigenvalue weighted by atomic mass is 79.9. The molecule has 0 aliphatic carbocycles. The van der Waals surface area contributed by atoms with E-state index in [-0.39, 0.29) is 11.9 Å². The largest absolute Gasteiger partial charge is 0.345 e. The molecule has 4 nitrogen and oxygen atoms in total. The molecule has 0 aliphatic heterocycles. The van der Waals surface area contributed by atoms with E-state index in [1.165, 1.54) is 6.20 Å². The van der Waals surface area contributed by atoms with Crippen LogP contribution in [0.4, 0.5) is 0 Å². The van der Waals surface area contributed by atoms with Gasteiger partial charge in [0.05, 0.1) is 17.8 Å². The Balaban J connectivity index is 2.10. The molecule has 1 atom stereocenters. The van der Waals surface area contributed by atoms with E-state index in [9.17, 15) is 4.79 Å². The fourth-order valence-corrected chi connectivity index (χ4v) is 2.19. The molecule has 0 fully saturated rings. The summed E-state index contributed by atoms with van der Waals surface area (Å²) in [6, 6.07) is 7.76. The first-order valence-electron chi connectivity index (χ1n) is 5.22. The van der Waals surface area contributed by atoms with E-state index in [1.807, 2.05) is 31.2 Å². The van der Waals surface area contributed by atoms with Crippen molar-refractivity contribution in [3.8, 4) is 0 Å². The minimum atomic E-state index is -0.137. The minimum absolute atomic E-state index is 0.0621. The number of amides is 1. The third-order valence-corrected chi connectivity index (χ3v) is 3.20. The van der Waals surface area contributed by atoms with Crippen molar-refractivity contribution in [3.05, 3.63) is 52.3 Å². The molecule has 1 heterocycles. The van der Waals surface area contributed by atoms with Gasteiger partial charge in [-0.3, -0.25) is 9.89 Å². The molecule has 0 saturated heterocycles. The van der Waals surface area contributed by atoms with Gasteiger partial charge < -0.3 is 5.32 Å². The highest BCUT2D eigenvalue weighted by Crippen LogP contribution is 2.22. The molecule has 2 rings (SSSR count). The number of aromatic amines is 1. The lowest BCUT2D eigenvalue weighted by atomic mass is 10.1. The molecule has 0 bridgehead atoms. The minimum Gasteiger partial charge on any atom is -0.345 e. The number of nitrogens with zero attached hydrogens (tertiary/aromatic N) is 1. The first-order valence-corrected chi connectivity index (χ1v) is 6.02. The van der Waals surface area contributed by atoms with Crippen LogP contribution in [0.15, 0.2) is 41.1 Å². The summed E-state index contributed by atoms with van der Waals surface area (Å²) in [6.45, 7) is 1.94. The van der Waals surface area contributed by atoms with Crippen LogP contribution in [-0.2, 0) is 0 Å². The summed E-state index contributed by atoms with van der Waals surface area (Å²) in [7, 11) is 0. The van der Waals surface area contributed by atoms with Crippen LogP contribution in [0.3, 0.4) is 0 Å². The summed E-state index contributed by atoms with van der Waals surface area (Å²) < 4.78 is 0.986. The Kier molecular flexibility index (Phi) is 3.58. The molecule has 0 saturated carbocycles. The van der Waals surface area contributed by atoms with E-state index in [4.69, 9.17) is 0 Å². The van der Waals surface area contributed by atoms with Gasteiger partial charge in [0.2, 0.25) is 0 Å². The summed E-state index contributed by atoms with van der Waals surface area (Å²) in [6.07, 6.45) is 3.07. The van der Waals surface area contributed by atoms with Crippen LogP contribution in [0.5, 0.6) is 0 Å². The normalized spacial score (nSPS) is 12.1. The molecular formula is C12H12BrN3O. The topological polar surface area (TPSA) is 57.8 Å². The number of benzene rings is 1. The Bertz CT molecular complexity index is 510. The standard InChI is InChI=1S/C12H12BrN3O/c1-8(10-4-2-3-5-11(10)13)16-12(17)9-6-14-15-7-9/h2-8H,1H3,(H,14,15)(H,16,17).